The maximum atomic E-state index is 12.7. The van der Waals surface area contributed by atoms with Crippen LogP contribution in [0.5, 0.6) is 5.75 Å². The van der Waals surface area contributed by atoms with Gasteiger partial charge in [-0.3, -0.25) is 4.79 Å². The Morgan fingerprint density at radius 3 is 2.25 bits per heavy atom. The van der Waals surface area contributed by atoms with E-state index in [9.17, 15) is 4.79 Å². The Morgan fingerprint density at radius 2 is 1.71 bits per heavy atom. The Labute approximate surface area is 145 Å². The predicted octanol–water partition coefficient (Wildman–Crippen LogP) is 4.83. The Hall–Kier alpha value is -2.29. The number of methoxy groups -OCH3 is 1. The minimum Gasteiger partial charge on any atom is -0.497 e. The highest BCUT2D eigenvalue weighted by Gasteiger charge is 2.17. The summed E-state index contributed by atoms with van der Waals surface area (Å²) in [7, 11) is 1.65. The van der Waals surface area contributed by atoms with Gasteiger partial charge in [0.05, 0.1) is 13.2 Å². The first-order valence-corrected chi connectivity index (χ1v) is 8.42. The molecule has 2 aromatic carbocycles. The number of aryl methyl sites for hydroxylation is 2. The van der Waals surface area contributed by atoms with E-state index in [-0.39, 0.29) is 11.9 Å². The Bertz CT molecular complexity index is 689. The predicted molar refractivity (Wildman–Crippen MR) is 98.6 cm³/mol. The summed E-state index contributed by atoms with van der Waals surface area (Å²) in [4.78, 5) is 12.7. The third kappa shape index (κ3) is 4.60. The molecular weight excluding hydrogens is 298 g/mol. The van der Waals surface area contributed by atoms with Crippen molar-refractivity contribution < 1.29 is 9.53 Å². The van der Waals surface area contributed by atoms with Crippen molar-refractivity contribution in [3.8, 4) is 5.75 Å². The Kier molecular flexibility index (Phi) is 6.02. The van der Waals surface area contributed by atoms with Crippen LogP contribution in [0.3, 0.4) is 0 Å². The van der Waals surface area contributed by atoms with Gasteiger partial charge in [-0.25, -0.2) is 0 Å². The largest absolute Gasteiger partial charge is 0.497 e. The number of carbonyl (C=O) groups excluding carboxylic acids is 1. The van der Waals surface area contributed by atoms with Gasteiger partial charge in [0.1, 0.15) is 5.75 Å². The molecule has 0 bridgehead atoms. The van der Waals surface area contributed by atoms with Gasteiger partial charge in [0.15, 0.2) is 0 Å². The van der Waals surface area contributed by atoms with E-state index >= 15 is 0 Å². The monoisotopic (exact) mass is 325 g/mol. The van der Waals surface area contributed by atoms with E-state index < -0.39 is 0 Å². The standard InChI is InChI=1S/C21H27NO2/c1-14(2)12-20(17-8-10-19(24-5)11-9-17)22-21(23)18-7-6-15(3)16(4)13-18/h6-11,13-14,20H,12H2,1-5H3,(H,22,23)/t20-/m0/s1. The number of ether oxygens (including phenoxy) is 1. The molecule has 0 unspecified atom stereocenters. The second-order valence-electron chi connectivity index (χ2n) is 6.73. The van der Waals surface area contributed by atoms with Crippen molar-refractivity contribution >= 4 is 5.91 Å². The summed E-state index contributed by atoms with van der Waals surface area (Å²) in [6, 6.07) is 13.7. The number of rotatable bonds is 6. The van der Waals surface area contributed by atoms with Gasteiger partial charge in [0, 0.05) is 5.56 Å². The van der Waals surface area contributed by atoms with Gasteiger partial charge in [0.2, 0.25) is 0 Å². The van der Waals surface area contributed by atoms with Crippen molar-refractivity contribution in [2.24, 2.45) is 5.92 Å². The number of hydrogen-bond donors (Lipinski definition) is 1. The third-order valence-electron chi connectivity index (χ3n) is 4.30. The maximum absolute atomic E-state index is 12.7. The number of carbonyl (C=O) groups is 1. The molecule has 0 saturated heterocycles. The number of nitrogens with one attached hydrogen (secondary N) is 1. The number of benzene rings is 2. The summed E-state index contributed by atoms with van der Waals surface area (Å²) >= 11 is 0. The summed E-state index contributed by atoms with van der Waals surface area (Å²) in [5.41, 5.74) is 4.13. The van der Waals surface area contributed by atoms with Gasteiger partial charge >= 0.3 is 0 Å². The molecule has 2 aromatic rings. The van der Waals surface area contributed by atoms with Crippen molar-refractivity contribution in [1.29, 1.82) is 0 Å². The highest BCUT2D eigenvalue weighted by atomic mass is 16.5. The van der Waals surface area contributed by atoms with Gasteiger partial charge in [-0.15, -0.1) is 0 Å². The van der Waals surface area contributed by atoms with Crippen molar-refractivity contribution in [3.05, 3.63) is 64.7 Å². The first-order chi connectivity index (χ1) is 11.4. The van der Waals surface area contributed by atoms with Gasteiger partial charge < -0.3 is 10.1 Å². The Balaban J connectivity index is 2.20. The van der Waals surface area contributed by atoms with Crippen molar-refractivity contribution in [2.45, 2.75) is 40.2 Å². The molecule has 128 valence electrons. The summed E-state index contributed by atoms with van der Waals surface area (Å²) in [5, 5.41) is 3.19. The molecule has 0 saturated carbocycles. The fourth-order valence-electron chi connectivity index (χ4n) is 2.71. The molecule has 0 aromatic heterocycles. The zero-order valence-corrected chi connectivity index (χ0v) is 15.2. The first-order valence-electron chi connectivity index (χ1n) is 8.42. The maximum Gasteiger partial charge on any atom is 0.251 e. The lowest BCUT2D eigenvalue weighted by atomic mass is 9.96. The number of hydrogen-bond acceptors (Lipinski definition) is 2. The Morgan fingerprint density at radius 1 is 1.04 bits per heavy atom. The van der Waals surface area contributed by atoms with E-state index in [1.165, 1.54) is 5.56 Å². The van der Waals surface area contributed by atoms with E-state index in [1.54, 1.807) is 7.11 Å². The van der Waals surface area contributed by atoms with Crippen LogP contribution in [0, 0.1) is 19.8 Å². The van der Waals surface area contributed by atoms with E-state index in [0.717, 1.165) is 23.3 Å². The fourth-order valence-corrected chi connectivity index (χ4v) is 2.71. The SMILES string of the molecule is COc1ccc([C@H](CC(C)C)NC(=O)c2ccc(C)c(C)c2)cc1. The van der Waals surface area contributed by atoms with Gasteiger partial charge in [0.25, 0.3) is 5.91 Å². The van der Waals surface area contributed by atoms with Gasteiger partial charge in [-0.1, -0.05) is 32.0 Å². The number of amides is 1. The van der Waals surface area contributed by atoms with E-state index in [1.807, 2.05) is 49.4 Å². The van der Waals surface area contributed by atoms with Crippen LogP contribution in [0.15, 0.2) is 42.5 Å². The van der Waals surface area contributed by atoms with Crippen LogP contribution in [-0.2, 0) is 0 Å². The summed E-state index contributed by atoms with van der Waals surface area (Å²) in [5.74, 6) is 1.28. The molecular formula is C21H27NO2. The summed E-state index contributed by atoms with van der Waals surface area (Å²) in [6.07, 6.45) is 0.892. The highest BCUT2D eigenvalue weighted by Crippen LogP contribution is 2.24. The summed E-state index contributed by atoms with van der Waals surface area (Å²) in [6.45, 7) is 8.41. The zero-order valence-electron chi connectivity index (χ0n) is 15.2. The average Bonchev–Trinajstić information content (AvgIpc) is 2.56. The molecule has 24 heavy (non-hydrogen) atoms. The molecule has 1 atom stereocenters. The van der Waals surface area contributed by atoms with E-state index in [0.29, 0.717) is 11.5 Å². The molecule has 3 nitrogen and oxygen atoms in total. The zero-order chi connectivity index (χ0) is 17.7. The lowest BCUT2D eigenvalue weighted by Gasteiger charge is -2.21. The quantitative estimate of drug-likeness (QED) is 0.826. The molecule has 0 radical (unpaired) electrons. The van der Waals surface area contributed by atoms with Crippen LogP contribution in [0.4, 0.5) is 0 Å². The molecule has 3 heteroatoms. The molecule has 0 aliphatic carbocycles. The third-order valence-corrected chi connectivity index (χ3v) is 4.30. The lowest BCUT2D eigenvalue weighted by Crippen LogP contribution is -2.29. The van der Waals surface area contributed by atoms with Crippen LogP contribution in [0.2, 0.25) is 0 Å². The van der Waals surface area contributed by atoms with Crippen LogP contribution in [-0.4, -0.2) is 13.0 Å². The molecule has 1 N–H and O–H groups in total. The minimum atomic E-state index is -0.0282. The molecule has 0 aliphatic rings. The summed E-state index contributed by atoms with van der Waals surface area (Å²) < 4.78 is 5.22. The topological polar surface area (TPSA) is 38.3 Å². The molecule has 0 fully saturated rings. The normalized spacial score (nSPS) is 12.1. The van der Waals surface area contributed by atoms with Crippen LogP contribution < -0.4 is 10.1 Å². The van der Waals surface area contributed by atoms with Gasteiger partial charge in [-0.05, 0) is 67.1 Å². The molecule has 0 heterocycles. The second-order valence-corrected chi connectivity index (χ2v) is 6.73. The minimum absolute atomic E-state index is 0.00925. The van der Waals surface area contributed by atoms with Crippen LogP contribution in [0.25, 0.3) is 0 Å². The van der Waals surface area contributed by atoms with E-state index in [4.69, 9.17) is 4.74 Å². The second kappa shape index (κ2) is 8.00. The molecule has 2 rings (SSSR count). The van der Waals surface area contributed by atoms with E-state index in [2.05, 4.69) is 26.1 Å². The van der Waals surface area contributed by atoms with Gasteiger partial charge in [-0.2, -0.15) is 0 Å². The van der Waals surface area contributed by atoms with Crippen LogP contribution >= 0.6 is 0 Å². The van der Waals surface area contributed by atoms with Crippen LogP contribution in [0.1, 0.15) is 53.4 Å². The molecule has 1 amide bonds. The highest BCUT2D eigenvalue weighted by molar-refractivity contribution is 5.94. The smallest absolute Gasteiger partial charge is 0.251 e. The average molecular weight is 325 g/mol. The molecule has 0 spiro atoms. The first kappa shape index (κ1) is 18.1. The van der Waals surface area contributed by atoms with Crippen molar-refractivity contribution in [1.82, 2.24) is 5.32 Å². The van der Waals surface area contributed by atoms with Crippen molar-refractivity contribution in [3.63, 3.8) is 0 Å². The van der Waals surface area contributed by atoms with Crippen molar-refractivity contribution in [2.75, 3.05) is 7.11 Å². The lowest BCUT2D eigenvalue weighted by molar-refractivity contribution is 0.0932. The fraction of sp³-hybridized carbons (Fsp3) is 0.381. The molecule has 0 aliphatic heterocycles.